The van der Waals surface area contributed by atoms with E-state index in [0.717, 1.165) is 5.56 Å². The second-order valence-electron chi connectivity index (χ2n) is 5.64. The molecule has 0 unspecified atom stereocenters. The highest BCUT2D eigenvalue weighted by molar-refractivity contribution is 9.10. The Morgan fingerprint density at radius 2 is 2.08 bits per heavy atom. The number of hydrogen-bond acceptors (Lipinski definition) is 3. The highest BCUT2D eigenvalue weighted by atomic mass is 79.9. The Labute approximate surface area is 149 Å². The second kappa shape index (κ2) is 8.75. The molecule has 2 amide bonds. The molecule has 7 heteroatoms. The van der Waals surface area contributed by atoms with Crippen molar-refractivity contribution < 1.29 is 9.18 Å². The van der Waals surface area contributed by atoms with Gasteiger partial charge >= 0.3 is 6.03 Å². The number of urea groups is 1. The average molecular weight is 395 g/mol. The standard InChI is InChI=1S/C17H20BrFN4O/c1-22(2)8-9-23(12-13-4-3-7-20-11-13)17(24)21-16-6-5-14(18)10-15(16)19/h3-7,10-11H,8-9,12H2,1-2H3,(H,21,24). The number of carbonyl (C=O) groups is 1. The summed E-state index contributed by atoms with van der Waals surface area (Å²) < 4.78 is 14.6. The summed E-state index contributed by atoms with van der Waals surface area (Å²) >= 11 is 3.20. The van der Waals surface area contributed by atoms with E-state index in [1.165, 1.54) is 12.1 Å². The Hall–Kier alpha value is -1.99. The molecule has 0 aliphatic rings. The van der Waals surface area contributed by atoms with Crippen molar-refractivity contribution in [2.45, 2.75) is 6.54 Å². The van der Waals surface area contributed by atoms with Crippen LogP contribution in [0.15, 0.2) is 47.2 Å². The minimum Gasteiger partial charge on any atom is -0.319 e. The summed E-state index contributed by atoms with van der Waals surface area (Å²) in [5.74, 6) is -0.480. The van der Waals surface area contributed by atoms with Crippen LogP contribution < -0.4 is 5.32 Å². The van der Waals surface area contributed by atoms with E-state index in [1.54, 1.807) is 23.4 Å². The van der Waals surface area contributed by atoms with Crippen LogP contribution in [0.2, 0.25) is 0 Å². The van der Waals surface area contributed by atoms with Gasteiger partial charge in [0.05, 0.1) is 5.69 Å². The molecular weight excluding hydrogens is 375 g/mol. The Balaban J connectivity index is 2.10. The topological polar surface area (TPSA) is 48.5 Å². The first-order chi connectivity index (χ1) is 11.5. The van der Waals surface area contributed by atoms with Crippen molar-refractivity contribution in [3.63, 3.8) is 0 Å². The Bertz CT molecular complexity index is 682. The van der Waals surface area contributed by atoms with Crippen molar-refractivity contribution in [3.05, 3.63) is 58.6 Å². The SMILES string of the molecule is CN(C)CCN(Cc1cccnc1)C(=O)Nc1ccc(Br)cc1F. The maximum atomic E-state index is 13.9. The van der Waals surface area contributed by atoms with E-state index in [-0.39, 0.29) is 11.7 Å². The van der Waals surface area contributed by atoms with Gasteiger partial charge in [-0.2, -0.15) is 0 Å². The van der Waals surface area contributed by atoms with E-state index < -0.39 is 5.82 Å². The number of nitrogens with zero attached hydrogens (tertiary/aromatic N) is 3. The normalized spacial score (nSPS) is 10.7. The Morgan fingerprint density at radius 1 is 1.29 bits per heavy atom. The van der Waals surface area contributed by atoms with E-state index in [2.05, 4.69) is 26.2 Å². The fourth-order valence-corrected chi connectivity index (χ4v) is 2.40. The predicted molar refractivity (Wildman–Crippen MR) is 96.3 cm³/mol. The van der Waals surface area contributed by atoms with Gasteiger partial charge in [-0.1, -0.05) is 22.0 Å². The molecule has 0 saturated carbocycles. The van der Waals surface area contributed by atoms with Crippen LogP contribution in [0.3, 0.4) is 0 Å². The summed E-state index contributed by atoms with van der Waals surface area (Å²) in [6, 6.07) is 7.92. The van der Waals surface area contributed by atoms with Crippen LogP contribution in [0.5, 0.6) is 0 Å². The third-order valence-electron chi connectivity index (χ3n) is 3.37. The third-order valence-corrected chi connectivity index (χ3v) is 3.87. The molecule has 0 bridgehead atoms. The lowest BCUT2D eigenvalue weighted by Crippen LogP contribution is -2.39. The maximum absolute atomic E-state index is 13.9. The van der Waals surface area contributed by atoms with Crippen LogP contribution in [0, 0.1) is 5.82 Å². The lowest BCUT2D eigenvalue weighted by atomic mass is 10.2. The largest absolute Gasteiger partial charge is 0.322 e. The van der Waals surface area contributed by atoms with Gasteiger partial charge in [-0.15, -0.1) is 0 Å². The first kappa shape index (κ1) is 18.4. The molecule has 0 fully saturated rings. The molecule has 2 rings (SSSR count). The summed E-state index contributed by atoms with van der Waals surface area (Å²) in [4.78, 5) is 20.3. The number of hydrogen-bond donors (Lipinski definition) is 1. The lowest BCUT2D eigenvalue weighted by Gasteiger charge is -2.25. The zero-order valence-corrected chi connectivity index (χ0v) is 15.3. The fraction of sp³-hybridized carbons (Fsp3) is 0.294. The molecule has 1 heterocycles. The van der Waals surface area contributed by atoms with E-state index in [0.29, 0.717) is 24.1 Å². The highest BCUT2D eigenvalue weighted by Crippen LogP contribution is 2.20. The van der Waals surface area contributed by atoms with Crippen molar-refractivity contribution in [3.8, 4) is 0 Å². The minimum atomic E-state index is -0.480. The molecule has 128 valence electrons. The quantitative estimate of drug-likeness (QED) is 0.814. The van der Waals surface area contributed by atoms with E-state index in [4.69, 9.17) is 0 Å². The molecule has 1 aromatic carbocycles. The van der Waals surface area contributed by atoms with E-state index in [1.807, 2.05) is 31.1 Å². The molecule has 0 aliphatic heterocycles. The Morgan fingerprint density at radius 3 is 2.71 bits per heavy atom. The van der Waals surface area contributed by atoms with Gasteiger partial charge in [0.2, 0.25) is 0 Å². The molecule has 0 aliphatic carbocycles. The summed E-state index contributed by atoms with van der Waals surface area (Å²) in [5.41, 5.74) is 1.08. The van der Waals surface area contributed by atoms with Crippen LogP contribution >= 0.6 is 15.9 Å². The number of amides is 2. The van der Waals surface area contributed by atoms with Crippen molar-refractivity contribution in [1.29, 1.82) is 0 Å². The first-order valence-electron chi connectivity index (χ1n) is 7.50. The lowest BCUT2D eigenvalue weighted by molar-refractivity contribution is 0.202. The average Bonchev–Trinajstić information content (AvgIpc) is 2.54. The van der Waals surface area contributed by atoms with Crippen molar-refractivity contribution in [2.24, 2.45) is 0 Å². The number of halogens is 2. The molecule has 0 saturated heterocycles. The van der Waals surface area contributed by atoms with Crippen LogP contribution in [0.1, 0.15) is 5.56 Å². The second-order valence-corrected chi connectivity index (χ2v) is 6.56. The number of rotatable bonds is 6. The molecule has 0 radical (unpaired) electrons. The van der Waals surface area contributed by atoms with Crippen LogP contribution in [-0.2, 0) is 6.54 Å². The van der Waals surface area contributed by atoms with Gasteiger partial charge in [-0.3, -0.25) is 4.98 Å². The number of pyridine rings is 1. The van der Waals surface area contributed by atoms with Gasteiger partial charge in [0.1, 0.15) is 5.82 Å². The molecule has 0 spiro atoms. The number of likely N-dealkylation sites (N-methyl/N-ethyl adjacent to an activating group) is 1. The number of carbonyl (C=O) groups excluding carboxylic acids is 1. The molecule has 1 aromatic heterocycles. The summed E-state index contributed by atoms with van der Waals surface area (Å²) in [7, 11) is 3.88. The number of benzene rings is 1. The van der Waals surface area contributed by atoms with Crippen LogP contribution in [0.4, 0.5) is 14.9 Å². The molecule has 2 aromatic rings. The molecule has 5 nitrogen and oxygen atoms in total. The van der Waals surface area contributed by atoms with Crippen LogP contribution in [-0.4, -0.2) is 48.0 Å². The number of anilines is 1. The monoisotopic (exact) mass is 394 g/mol. The smallest absolute Gasteiger partial charge is 0.319 e. The van der Waals surface area contributed by atoms with Gasteiger partial charge in [0, 0.05) is 36.5 Å². The van der Waals surface area contributed by atoms with Crippen molar-refractivity contribution in [2.75, 3.05) is 32.5 Å². The van der Waals surface area contributed by atoms with Crippen molar-refractivity contribution in [1.82, 2.24) is 14.8 Å². The third kappa shape index (κ3) is 5.58. The molecular formula is C17H20BrFN4O. The van der Waals surface area contributed by atoms with Gasteiger partial charge in [-0.05, 0) is 43.9 Å². The van der Waals surface area contributed by atoms with E-state index >= 15 is 0 Å². The Kier molecular flexibility index (Phi) is 6.69. The summed E-state index contributed by atoms with van der Waals surface area (Å²) in [5, 5.41) is 2.63. The zero-order chi connectivity index (χ0) is 17.5. The molecule has 24 heavy (non-hydrogen) atoms. The van der Waals surface area contributed by atoms with Crippen molar-refractivity contribution >= 4 is 27.6 Å². The molecule has 1 N–H and O–H groups in total. The van der Waals surface area contributed by atoms with Crippen LogP contribution in [0.25, 0.3) is 0 Å². The fourth-order valence-electron chi connectivity index (χ4n) is 2.07. The number of aromatic nitrogens is 1. The highest BCUT2D eigenvalue weighted by Gasteiger charge is 2.16. The van der Waals surface area contributed by atoms with Gasteiger partial charge in [0.15, 0.2) is 0 Å². The number of nitrogens with one attached hydrogen (secondary N) is 1. The summed E-state index contributed by atoms with van der Waals surface area (Å²) in [6.07, 6.45) is 3.40. The van der Waals surface area contributed by atoms with E-state index in [9.17, 15) is 9.18 Å². The van der Waals surface area contributed by atoms with Gasteiger partial charge in [-0.25, -0.2) is 9.18 Å². The van der Waals surface area contributed by atoms with Gasteiger partial charge in [0.25, 0.3) is 0 Å². The first-order valence-corrected chi connectivity index (χ1v) is 8.29. The molecule has 0 atom stereocenters. The minimum absolute atomic E-state index is 0.157. The van der Waals surface area contributed by atoms with Gasteiger partial charge < -0.3 is 15.1 Å². The zero-order valence-electron chi connectivity index (χ0n) is 13.7. The summed E-state index contributed by atoms with van der Waals surface area (Å²) in [6.45, 7) is 1.63. The predicted octanol–water partition coefficient (Wildman–Crippen LogP) is 3.58. The maximum Gasteiger partial charge on any atom is 0.322 e.